The highest BCUT2D eigenvalue weighted by Gasteiger charge is 2.37. The molecule has 5 heterocycles. The fourth-order valence-electron chi connectivity index (χ4n) is 6.39. The van der Waals surface area contributed by atoms with E-state index in [0.717, 1.165) is 32.1 Å². The van der Waals surface area contributed by atoms with Crippen LogP contribution < -0.4 is 10.1 Å². The minimum absolute atomic E-state index is 0.0286. The minimum atomic E-state index is -4.72. The van der Waals surface area contributed by atoms with E-state index in [0.29, 0.717) is 35.4 Å². The first kappa shape index (κ1) is 31.8. The number of halogens is 3. The van der Waals surface area contributed by atoms with Crippen LogP contribution in [0.4, 0.5) is 24.8 Å². The maximum Gasteiger partial charge on any atom is 0.420 e. The molecule has 10 nitrogen and oxygen atoms in total. The third-order valence-corrected chi connectivity index (χ3v) is 10.1. The molecule has 0 aliphatic carbocycles. The zero-order valence-corrected chi connectivity index (χ0v) is 26.2. The number of anilines is 2. The molecule has 0 spiro atoms. The summed E-state index contributed by atoms with van der Waals surface area (Å²) in [6.07, 6.45) is 3.77. The molecule has 0 unspecified atom stereocenters. The zero-order valence-electron chi connectivity index (χ0n) is 25.4. The highest BCUT2D eigenvalue weighted by Crippen LogP contribution is 2.39. The molecule has 2 aromatic heterocycles. The van der Waals surface area contributed by atoms with Gasteiger partial charge in [-0.2, -0.15) is 17.5 Å². The van der Waals surface area contributed by atoms with Crippen LogP contribution in [0.25, 0.3) is 11.5 Å². The summed E-state index contributed by atoms with van der Waals surface area (Å²) in [5.74, 6) is 1.02. The third-order valence-electron chi connectivity index (χ3n) is 8.88. The molecule has 2 saturated heterocycles. The van der Waals surface area contributed by atoms with Crippen molar-refractivity contribution in [1.29, 1.82) is 0 Å². The van der Waals surface area contributed by atoms with Gasteiger partial charge in [0.15, 0.2) is 5.76 Å². The summed E-state index contributed by atoms with van der Waals surface area (Å²) in [5, 5.41) is 2.96. The van der Waals surface area contributed by atoms with E-state index in [-0.39, 0.29) is 31.2 Å². The second-order valence-electron chi connectivity index (χ2n) is 12.0. The number of piperidine rings is 2. The number of ether oxygens (including phenoxy) is 1. The van der Waals surface area contributed by atoms with Gasteiger partial charge in [0.1, 0.15) is 29.4 Å². The molecular weight excluding hydrogens is 609 g/mol. The highest BCUT2D eigenvalue weighted by atomic mass is 32.2. The summed E-state index contributed by atoms with van der Waals surface area (Å²) >= 11 is 0. The van der Waals surface area contributed by atoms with Crippen molar-refractivity contribution < 1.29 is 30.7 Å². The number of fused-ring (bicyclic) bond motifs is 1. The molecule has 3 aromatic rings. The summed E-state index contributed by atoms with van der Waals surface area (Å²) in [6.45, 7) is 6.30. The fourth-order valence-corrected chi connectivity index (χ4v) is 7.19. The van der Waals surface area contributed by atoms with Crippen molar-refractivity contribution in [2.45, 2.75) is 57.3 Å². The highest BCUT2D eigenvalue weighted by molar-refractivity contribution is 7.88. The molecule has 3 aliphatic heterocycles. The molecule has 14 heteroatoms. The van der Waals surface area contributed by atoms with Crippen LogP contribution in [0, 0.1) is 0 Å². The lowest BCUT2D eigenvalue weighted by molar-refractivity contribution is -0.137. The molecule has 0 amide bonds. The molecular formula is C31H39F3N6O4S. The lowest BCUT2D eigenvalue weighted by Crippen LogP contribution is -2.47. The Hall–Kier alpha value is -3.20. The summed E-state index contributed by atoms with van der Waals surface area (Å²) in [4.78, 5) is 13.2. The summed E-state index contributed by atoms with van der Waals surface area (Å²) in [6, 6.07) is 9.24. The van der Waals surface area contributed by atoms with Gasteiger partial charge in [-0.3, -0.25) is 4.90 Å². The predicted octanol–water partition coefficient (Wildman–Crippen LogP) is 5.15. The van der Waals surface area contributed by atoms with E-state index in [9.17, 15) is 21.6 Å². The Bertz CT molecular complexity index is 1570. The van der Waals surface area contributed by atoms with Crippen LogP contribution in [-0.2, 0) is 29.2 Å². The summed E-state index contributed by atoms with van der Waals surface area (Å²) < 4.78 is 78.7. The average molecular weight is 649 g/mol. The number of likely N-dealkylation sites (tertiary alicyclic amines) is 2. The molecule has 45 heavy (non-hydrogen) atoms. The minimum Gasteiger partial charge on any atom is -0.492 e. The molecule has 2 fully saturated rings. The van der Waals surface area contributed by atoms with Gasteiger partial charge in [-0.25, -0.2) is 18.4 Å². The Balaban J connectivity index is 1.06. The molecule has 3 aliphatic rings. The number of aromatic nitrogens is 2. The van der Waals surface area contributed by atoms with Gasteiger partial charge in [-0.15, -0.1) is 0 Å². The Kier molecular flexibility index (Phi) is 9.37. The van der Waals surface area contributed by atoms with Crippen LogP contribution in [0.15, 0.2) is 40.9 Å². The SMILES string of the molecule is CS(=O)(=O)N1CCc2oc(-c3nc(Nc4ccc(OCCN5CCC(N6CCCCC6)CC5)cc4)ncc3C(F)(F)F)cc2C1. The molecule has 6 rings (SSSR count). The van der Waals surface area contributed by atoms with Crippen LogP contribution in [0.5, 0.6) is 5.75 Å². The van der Waals surface area contributed by atoms with E-state index in [1.54, 1.807) is 24.3 Å². The molecule has 244 valence electrons. The summed E-state index contributed by atoms with van der Waals surface area (Å²) in [7, 11) is -3.45. The van der Waals surface area contributed by atoms with E-state index in [1.807, 2.05) is 0 Å². The lowest BCUT2D eigenvalue weighted by Gasteiger charge is -2.40. The van der Waals surface area contributed by atoms with Crippen molar-refractivity contribution in [2.75, 3.05) is 57.4 Å². The Morgan fingerprint density at radius 3 is 2.47 bits per heavy atom. The predicted molar refractivity (Wildman–Crippen MR) is 164 cm³/mol. The largest absolute Gasteiger partial charge is 0.492 e. The Morgan fingerprint density at radius 1 is 1.04 bits per heavy atom. The maximum atomic E-state index is 13.9. The van der Waals surface area contributed by atoms with Crippen molar-refractivity contribution in [3.05, 3.63) is 53.4 Å². The number of furan rings is 1. The van der Waals surface area contributed by atoms with Gasteiger partial charge >= 0.3 is 6.18 Å². The van der Waals surface area contributed by atoms with Gasteiger partial charge in [0, 0.05) is 49.5 Å². The zero-order chi connectivity index (χ0) is 31.6. The molecule has 0 saturated carbocycles. The van der Waals surface area contributed by atoms with Gasteiger partial charge in [0.05, 0.1) is 6.26 Å². The van der Waals surface area contributed by atoms with Gasteiger partial charge < -0.3 is 19.4 Å². The standard InChI is InChI=1S/C31H39F3N6O4S/c1-45(41,42)40-16-11-27-22(21-40)19-28(44-27)29-26(31(32,33)34)20-35-30(37-29)36-23-5-7-25(8-6-23)43-18-17-38-14-9-24(10-15-38)39-12-3-2-4-13-39/h5-8,19-20,24H,2-4,9-18,21H2,1H3,(H,35,36,37). The Labute approximate surface area is 261 Å². The van der Waals surface area contributed by atoms with E-state index in [4.69, 9.17) is 9.15 Å². The smallest absolute Gasteiger partial charge is 0.420 e. The topological polar surface area (TPSA) is 104 Å². The van der Waals surface area contributed by atoms with Crippen LogP contribution >= 0.6 is 0 Å². The van der Waals surface area contributed by atoms with Crippen LogP contribution in [0.3, 0.4) is 0 Å². The number of alkyl halides is 3. The average Bonchev–Trinajstić information content (AvgIpc) is 3.46. The third kappa shape index (κ3) is 7.79. The van der Waals surface area contributed by atoms with Crippen molar-refractivity contribution in [3.63, 3.8) is 0 Å². The van der Waals surface area contributed by atoms with E-state index < -0.39 is 27.5 Å². The normalized spacial score (nSPS) is 19.4. The second-order valence-corrected chi connectivity index (χ2v) is 14.0. The van der Waals surface area contributed by atoms with Crippen molar-refractivity contribution in [2.24, 2.45) is 0 Å². The molecule has 0 radical (unpaired) electrons. The van der Waals surface area contributed by atoms with Gasteiger partial charge in [0.25, 0.3) is 0 Å². The van der Waals surface area contributed by atoms with Crippen LogP contribution in [0.1, 0.15) is 49.0 Å². The first-order chi connectivity index (χ1) is 21.5. The van der Waals surface area contributed by atoms with Gasteiger partial charge in [-0.1, -0.05) is 6.42 Å². The van der Waals surface area contributed by atoms with Crippen molar-refractivity contribution >= 4 is 21.7 Å². The van der Waals surface area contributed by atoms with Crippen molar-refractivity contribution in [1.82, 2.24) is 24.1 Å². The van der Waals surface area contributed by atoms with Gasteiger partial charge in [0.2, 0.25) is 16.0 Å². The van der Waals surface area contributed by atoms with E-state index >= 15 is 0 Å². The number of rotatable bonds is 9. The number of hydrogen-bond acceptors (Lipinski definition) is 9. The van der Waals surface area contributed by atoms with E-state index in [2.05, 4.69) is 25.1 Å². The van der Waals surface area contributed by atoms with Gasteiger partial charge in [-0.05, 0) is 82.2 Å². The molecule has 1 N–H and O–H groups in total. The van der Waals surface area contributed by atoms with Crippen LogP contribution in [0.2, 0.25) is 0 Å². The molecule has 0 bridgehead atoms. The monoisotopic (exact) mass is 648 g/mol. The van der Waals surface area contributed by atoms with E-state index in [1.165, 1.54) is 55.6 Å². The lowest BCUT2D eigenvalue weighted by atomic mass is 10.00. The number of benzene rings is 1. The number of sulfonamides is 1. The first-order valence-electron chi connectivity index (χ1n) is 15.5. The number of nitrogens with zero attached hydrogens (tertiary/aromatic N) is 5. The quantitative estimate of drug-likeness (QED) is 0.338. The van der Waals surface area contributed by atoms with Crippen LogP contribution in [-0.4, -0.2) is 90.7 Å². The fraction of sp³-hybridized carbons (Fsp3) is 0.548. The Morgan fingerprint density at radius 2 is 1.78 bits per heavy atom. The molecule has 0 atom stereocenters. The number of hydrogen-bond donors (Lipinski definition) is 1. The summed E-state index contributed by atoms with van der Waals surface area (Å²) in [5.41, 5.74) is -0.366. The molecule has 1 aromatic carbocycles. The number of nitrogens with one attached hydrogen (secondary N) is 1. The maximum absolute atomic E-state index is 13.9. The first-order valence-corrected chi connectivity index (χ1v) is 17.4. The second kappa shape index (κ2) is 13.3. The van der Waals surface area contributed by atoms with Crippen molar-refractivity contribution in [3.8, 4) is 17.2 Å².